The lowest BCUT2D eigenvalue weighted by atomic mass is 10.1. The topological polar surface area (TPSA) is 70.2 Å². The summed E-state index contributed by atoms with van der Waals surface area (Å²) in [5.41, 5.74) is 3.08. The van der Waals surface area contributed by atoms with Gasteiger partial charge in [-0.1, -0.05) is 30.3 Å². The molecule has 6 heteroatoms. The van der Waals surface area contributed by atoms with E-state index >= 15 is 0 Å². The number of benzene rings is 3. The van der Waals surface area contributed by atoms with Gasteiger partial charge < -0.3 is 16.0 Å². The summed E-state index contributed by atoms with van der Waals surface area (Å²) >= 11 is 0. The van der Waals surface area contributed by atoms with Crippen molar-refractivity contribution in [1.82, 2.24) is 0 Å². The molecule has 5 nitrogen and oxygen atoms in total. The highest BCUT2D eigenvalue weighted by atomic mass is 19.1. The summed E-state index contributed by atoms with van der Waals surface area (Å²) in [5.74, 6) is -0.615. The first-order valence-corrected chi connectivity index (χ1v) is 9.31. The molecule has 0 saturated carbocycles. The Hall–Kier alpha value is -3.67. The zero-order valence-electron chi connectivity index (χ0n) is 15.8. The molecule has 3 rings (SSSR count). The van der Waals surface area contributed by atoms with Gasteiger partial charge in [0.25, 0.3) is 0 Å². The third-order valence-corrected chi connectivity index (χ3v) is 4.23. The number of hydrogen-bond acceptors (Lipinski definition) is 3. The van der Waals surface area contributed by atoms with Gasteiger partial charge in [-0.3, -0.25) is 9.59 Å². The van der Waals surface area contributed by atoms with Crippen molar-refractivity contribution in [2.75, 3.05) is 22.5 Å². The van der Waals surface area contributed by atoms with Gasteiger partial charge in [0, 0.05) is 23.5 Å². The quantitative estimate of drug-likeness (QED) is 0.531. The molecule has 0 saturated heterocycles. The maximum Gasteiger partial charge on any atom is 0.243 e. The molecule has 2 amide bonds. The highest BCUT2D eigenvalue weighted by Crippen LogP contribution is 2.14. The van der Waals surface area contributed by atoms with Crippen molar-refractivity contribution >= 4 is 28.9 Å². The molecule has 0 radical (unpaired) electrons. The first kappa shape index (κ1) is 20.1. The first-order valence-electron chi connectivity index (χ1n) is 9.31. The van der Waals surface area contributed by atoms with E-state index < -0.39 is 0 Å². The van der Waals surface area contributed by atoms with Crippen molar-refractivity contribution in [3.05, 3.63) is 90.2 Å². The molecule has 0 bridgehead atoms. The molecular weight excluding hydrogens is 369 g/mol. The lowest BCUT2D eigenvalue weighted by molar-refractivity contribution is -0.116. The van der Waals surface area contributed by atoms with Crippen LogP contribution < -0.4 is 16.0 Å². The van der Waals surface area contributed by atoms with Crippen molar-refractivity contribution in [2.24, 2.45) is 0 Å². The molecule has 0 spiro atoms. The van der Waals surface area contributed by atoms with Gasteiger partial charge in [-0.25, -0.2) is 4.39 Å². The number of carbonyl (C=O) groups is 2. The highest BCUT2D eigenvalue weighted by molar-refractivity contribution is 5.94. The fourth-order valence-corrected chi connectivity index (χ4v) is 2.72. The number of halogens is 1. The number of amides is 2. The van der Waals surface area contributed by atoms with Gasteiger partial charge in [-0.15, -0.1) is 0 Å². The van der Waals surface area contributed by atoms with E-state index in [2.05, 4.69) is 16.0 Å². The lowest BCUT2D eigenvalue weighted by Gasteiger charge is -2.09. The Morgan fingerprint density at radius 2 is 1.24 bits per heavy atom. The van der Waals surface area contributed by atoms with Crippen molar-refractivity contribution in [3.8, 4) is 0 Å². The van der Waals surface area contributed by atoms with Crippen LogP contribution in [0.15, 0.2) is 78.9 Å². The number of hydrogen-bond donors (Lipinski definition) is 3. The Morgan fingerprint density at radius 3 is 1.86 bits per heavy atom. The monoisotopic (exact) mass is 391 g/mol. The molecule has 0 unspecified atom stereocenters. The second kappa shape index (κ2) is 10.0. The summed E-state index contributed by atoms with van der Waals surface area (Å²) in [7, 11) is 0. The zero-order chi connectivity index (χ0) is 20.5. The minimum absolute atomic E-state index is 0.0591. The molecular formula is C23H22FN3O2. The van der Waals surface area contributed by atoms with Crippen molar-refractivity contribution in [2.45, 2.75) is 12.8 Å². The van der Waals surface area contributed by atoms with Gasteiger partial charge in [0.15, 0.2) is 0 Å². The molecule has 0 fully saturated rings. The van der Waals surface area contributed by atoms with Crippen LogP contribution in [0.1, 0.15) is 12.0 Å². The van der Waals surface area contributed by atoms with Crippen LogP contribution in [0.2, 0.25) is 0 Å². The Morgan fingerprint density at radius 1 is 0.690 bits per heavy atom. The largest absolute Gasteiger partial charge is 0.376 e. The van der Waals surface area contributed by atoms with Gasteiger partial charge in [-0.2, -0.15) is 0 Å². The second-order valence-electron chi connectivity index (χ2n) is 6.52. The molecule has 29 heavy (non-hydrogen) atoms. The predicted molar refractivity (Wildman–Crippen MR) is 113 cm³/mol. The summed E-state index contributed by atoms with van der Waals surface area (Å²) in [5, 5.41) is 8.53. The predicted octanol–water partition coefficient (Wildman–Crippen LogP) is 4.45. The Balaban J connectivity index is 1.42. The lowest BCUT2D eigenvalue weighted by Crippen LogP contribution is -2.21. The first-order chi connectivity index (χ1) is 14.1. The minimum atomic E-state index is -0.327. The van der Waals surface area contributed by atoms with Crippen LogP contribution in [-0.2, 0) is 16.0 Å². The van der Waals surface area contributed by atoms with Gasteiger partial charge in [-0.05, 0) is 60.5 Å². The van der Waals surface area contributed by atoms with Crippen LogP contribution in [0.25, 0.3) is 0 Å². The maximum absolute atomic E-state index is 12.9. The normalized spacial score (nSPS) is 10.2. The van der Waals surface area contributed by atoms with Crippen LogP contribution in [0.4, 0.5) is 21.5 Å². The maximum atomic E-state index is 12.9. The average Bonchev–Trinajstić information content (AvgIpc) is 2.74. The van der Waals surface area contributed by atoms with Crippen molar-refractivity contribution in [3.63, 3.8) is 0 Å². The Bertz CT molecular complexity index is 942. The van der Waals surface area contributed by atoms with Crippen LogP contribution in [0, 0.1) is 5.82 Å². The summed E-state index contributed by atoms with van der Waals surface area (Å²) in [6, 6.07) is 22.6. The summed E-state index contributed by atoms with van der Waals surface area (Å²) in [4.78, 5) is 24.1. The number of nitrogens with one attached hydrogen (secondary N) is 3. The SMILES string of the molecule is O=C(CCc1ccccc1)Nc1ccc(NC(=O)CNc2ccc(F)cc2)cc1. The van der Waals surface area contributed by atoms with E-state index in [4.69, 9.17) is 0 Å². The molecule has 3 N–H and O–H groups in total. The minimum Gasteiger partial charge on any atom is -0.376 e. The van der Waals surface area contributed by atoms with E-state index in [0.29, 0.717) is 29.9 Å². The van der Waals surface area contributed by atoms with E-state index in [-0.39, 0.29) is 24.2 Å². The second-order valence-corrected chi connectivity index (χ2v) is 6.52. The van der Waals surface area contributed by atoms with Crippen LogP contribution >= 0.6 is 0 Å². The molecule has 3 aromatic rings. The van der Waals surface area contributed by atoms with Gasteiger partial charge >= 0.3 is 0 Å². The average molecular weight is 391 g/mol. The van der Waals surface area contributed by atoms with Crippen molar-refractivity contribution in [1.29, 1.82) is 0 Å². The third-order valence-electron chi connectivity index (χ3n) is 4.23. The third kappa shape index (κ3) is 6.77. The van der Waals surface area contributed by atoms with Crippen LogP contribution in [0.5, 0.6) is 0 Å². The zero-order valence-corrected chi connectivity index (χ0v) is 15.8. The van der Waals surface area contributed by atoms with Gasteiger partial charge in [0.05, 0.1) is 6.54 Å². The summed E-state index contributed by atoms with van der Waals surface area (Å²) in [6.45, 7) is 0.0591. The summed E-state index contributed by atoms with van der Waals surface area (Å²) in [6.07, 6.45) is 1.08. The summed E-state index contributed by atoms with van der Waals surface area (Å²) < 4.78 is 12.9. The number of rotatable bonds is 8. The van der Waals surface area contributed by atoms with E-state index in [1.165, 1.54) is 12.1 Å². The number of anilines is 3. The molecule has 0 atom stereocenters. The van der Waals surface area contributed by atoms with Crippen LogP contribution in [0.3, 0.4) is 0 Å². The number of aryl methyl sites for hydroxylation is 1. The molecule has 0 aliphatic rings. The fourth-order valence-electron chi connectivity index (χ4n) is 2.72. The van der Waals surface area contributed by atoms with E-state index in [1.54, 1.807) is 36.4 Å². The van der Waals surface area contributed by atoms with Crippen LogP contribution in [-0.4, -0.2) is 18.4 Å². The van der Waals surface area contributed by atoms with E-state index in [1.807, 2.05) is 30.3 Å². The smallest absolute Gasteiger partial charge is 0.243 e. The Kier molecular flexibility index (Phi) is 6.95. The molecule has 148 valence electrons. The van der Waals surface area contributed by atoms with Gasteiger partial charge in [0.2, 0.25) is 11.8 Å². The molecule has 0 aromatic heterocycles. The van der Waals surface area contributed by atoms with Crippen molar-refractivity contribution < 1.29 is 14.0 Å². The van der Waals surface area contributed by atoms with Gasteiger partial charge in [0.1, 0.15) is 5.82 Å². The fraction of sp³-hybridized carbons (Fsp3) is 0.130. The Labute approximate surface area is 169 Å². The highest BCUT2D eigenvalue weighted by Gasteiger charge is 2.05. The number of carbonyl (C=O) groups excluding carboxylic acids is 2. The molecule has 0 aliphatic heterocycles. The standard InChI is InChI=1S/C23H22FN3O2/c24-18-7-9-19(10-8-18)25-16-23(29)27-21-13-11-20(12-14-21)26-22(28)15-6-17-4-2-1-3-5-17/h1-5,7-14,25H,6,15-16H2,(H,26,28)(H,27,29). The molecule has 0 heterocycles. The van der Waals surface area contributed by atoms with E-state index in [0.717, 1.165) is 5.56 Å². The molecule has 0 aliphatic carbocycles. The van der Waals surface area contributed by atoms with E-state index in [9.17, 15) is 14.0 Å². The molecule has 3 aromatic carbocycles.